The Hall–Kier alpha value is -9.91. The second-order valence-electron chi connectivity index (χ2n) is 23.8. The number of fused-ring (bicyclic) bond motifs is 4. The Labute approximate surface area is 523 Å². The molecule has 11 aromatic rings. The minimum atomic E-state index is -0.450. The number of carbonyl (C=O) groups is 1. The lowest BCUT2D eigenvalue weighted by Gasteiger charge is -2.30. The molecule has 91 heavy (non-hydrogen) atoms. The van der Waals surface area contributed by atoms with Gasteiger partial charge in [0.1, 0.15) is 51.9 Å². The standard InChI is InChI=1S/C26H28FN5O2.C18H22FN5.C11H13FN4O.C11H13FN4/c1-17(2)23-20-9-6-10-21(27)24(20)32(30-23)25-28-15-22(29-25)19-11-13-31(14-12-19)26(33)34-16-18-7-4-3-5-8-18;1-11(2)16-13-4-3-5-14(19)17(13)24(23-16)18-21-10-15(22-18)12-6-8-20-9-7-12;1-6(2)9-7-4-3-5-8(12)10(7)16(14-9)11(13)15-17;1-6(2)9-7-4-3-5-8(12)10(7)16(15-9)11(13)14/h3-10,15,17,19H,11-14,16H2,1-2H3,(H,28,29);3-5,10-12,20H,6-9H2,1-2H3,(H,21,22);3-6,17H,1-2H3,(H2,13,15);3-6H,1-2H3,(H3,13,14). The molecule has 6 aromatic heterocycles. The number of hydrogen-bond donors (Lipinski definition) is 7. The monoisotopic (exact) mass is 1240 g/mol. The molecule has 0 radical (unpaired) electrons. The van der Waals surface area contributed by atoms with E-state index in [1.54, 1.807) is 56.9 Å². The minimum absolute atomic E-state index is 0.118. The van der Waals surface area contributed by atoms with Gasteiger partial charge in [-0.1, -0.05) is 134 Å². The Balaban J connectivity index is 0.000000140. The molecule has 2 aliphatic heterocycles. The summed E-state index contributed by atoms with van der Waals surface area (Å²) in [6.07, 6.45) is 7.16. The summed E-state index contributed by atoms with van der Waals surface area (Å²) in [6, 6.07) is 29.3. The van der Waals surface area contributed by atoms with Crippen molar-refractivity contribution in [1.29, 1.82) is 5.41 Å². The number of nitrogens with one attached hydrogen (secondary N) is 4. The van der Waals surface area contributed by atoms with Crippen molar-refractivity contribution in [2.75, 3.05) is 26.2 Å². The molecule has 476 valence electrons. The quantitative estimate of drug-likeness (QED) is 0.0221. The number of hydrogen-bond acceptors (Lipinski definition) is 12. The number of oxime groups is 1. The fraction of sp³-hybridized carbons (Fsp3) is 0.348. The highest BCUT2D eigenvalue weighted by Crippen LogP contribution is 2.34. The number of benzene rings is 5. The fourth-order valence-corrected chi connectivity index (χ4v) is 11.6. The summed E-state index contributed by atoms with van der Waals surface area (Å²) in [6.45, 7) is 19.6. The Kier molecular flexibility index (Phi) is 19.6. The maximum Gasteiger partial charge on any atom is 0.410 e. The lowest BCUT2D eigenvalue weighted by molar-refractivity contribution is 0.0868. The number of aromatic amines is 2. The SMILES string of the molecule is CC(C)c1nn(-c2ncc(C3CCN(C(=O)OCc4ccccc4)CC3)[nH]2)c2c(F)cccc12.CC(C)c1nn(-c2ncc(C3CCNCC3)[nH]2)c2c(F)cccc12.CC(C)c1nn(C(=N)N)c2c(F)cccc12.CC(C)c1nn(C(N)=NO)c2c(F)cccc12. The number of nitrogen functional groups attached to an aromatic ring is 1. The molecule has 2 saturated heterocycles. The van der Waals surface area contributed by atoms with Crippen LogP contribution in [0.4, 0.5) is 22.4 Å². The van der Waals surface area contributed by atoms with E-state index in [2.05, 4.69) is 64.7 Å². The number of amides is 1. The van der Waals surface area contributed by atoms with Gasteiger partial charge in [0.15, 0.2) is 0 Å². The third-order valence-electron chi connectivity index (χ3n) is 16.2. The number of halogens is 4. The minimum Gasteiger partial charge on any atom is -0.445 e. The van der Waals surface area contributed by atoms with Crippen molar-refractivity contribution in [3.63, 3.8) is 0 Å². The molecule has 0 saturated carbocycles. The van der Waals surface area contributed by atoms with Gasteiger partial charge in [0, 0.05) is 57.9 Å². The predicted molar refractivity (Wildman–Crippen MR) is 343 cm³/mol. The van der Waals surface area contributed by atoms with Gasteiger partial charge < -0.3 is 41.6 Å². The van der Waals surface area contributed by atoms with Crippen LogP contribution in [-0.4, -0.2) is 113 Å². The lowest BCUT2D eigenvalue weighted by Crippen LogP contribution is -2.38. The molecule has 13 rings (SSSR count). The molecular weight excluding hydrogens is 1170 g/mol. The average Bonchev–Trinajstić information content (AvgIpc) is 1.67. The maximum atomic E-state index is 14.7. The molecule has 0 spiro atoms. The Morgan fingerprint density at radius 2 is 0.967 bits per heavy atom. The third-order valence-corrected chi connectivity index (χ3v) is 16.2. The number of para-hydroxylation sites is 4. The largest absolute Gasteiger partial charge is 0.445 e. The third kappa shape index (κ3) is 13.7. The van der Waals surface area contributed by atoms with Crippen LogP contribution in [0.5, 0.6) is 0 Å². The zero-order valence-electron chi connectivity index (χ0n) is 52.1. The van der Waals surface area contributed by atoms with Crippen LogP contribution in [-0.2, 0) is 11.3 Å². The van der Waals surface area contributed by atoms with E-state index in [1.165, 1.54) is 24.3 Å². The van der Waals surface area contributed by atoms with Gasteiger partial charge in [0.05, 0.1) is 35.2 Å². The van der Waals surface area contributed by atoms with Gasteiger partial charge in [0.25, 0.3) is 5.96 Å². The van der Waals surface area contributed by atoms with Crippen molar-refractivity contribution in [2.24, 2.45) is 16.6 Å². The predicted octanol–water partition coefficient (Wildman–Crippen LogP) is 12.9. The highest BCUT2D eigenvalue weighted by molar-refractivity contribution is 5.94. The fourth-order valence-electron chi connectivity index (χ4n) is 11.6. The summed E-state index contributed by atoms with van der Waals surface area (Å²) in [5, 5.41) is 43.0. The van der Waals surface area contributed by atoms with Crippen molar-refractivity contribution in [3.8, 4) is 11.9 Å². The number of aromatic nitrogens is 12. The summed E-state index contributed by atoms with van der Waals surface area (Å²) >= 11 is 0. The number of carbonyl (C=O) groups excluding carboxylic acids is 1. The molecule has 0 unspecified atom stereocenters. The van der Waals surface area contributed by atoms with E-state index < -0.39 is 11.6 Å². The average molecular weight is 1250 g/mol. The van der Waals surface area contributed by atoms with Crippen LogP contribution in [0.15, 0.2) is 121 Å². The number of ether oxygens (including phenoxy) is 1. The van der Waals surface area contributed by atoms with Gasteiger partial charge in [-0.15, -0.1) is 0 Å². The number of nitrogens with zero attached hydrogens (tertiary/aromatic N) is 12. The van der Waals surface area contributed by atoms with Crippen LogP contribution in [0.3, 0.4) is 0 Å². The second kappa shape index (κ2) is 27.9. The summed E-state index contributed by atoms with van der Waals surface area (Å²) in [4.78, 5) is 29.9. The molecule has 0 aliphatic carbocycles. The van der Waals surface area contributed by atoms with Gasteiger partial charge in [0.2, 0.25) is 17.9 Å². The molecule has 5 aromatic carbocycles. The summed E-state index contributed by atoms with van der Waals surface area (Å²) in [5.74, 6) is 0.461. The topological polar surface area (TPSA) is 279 Å². The van der Waals surface area contributed by atoms with E-state index in [0.29, 0.717) is 58.4 Å². The van der Waals surface area contributed by atoms with E-state index in [9.17, 15) is 22.4 Å². The number of nitrogens with two attached hydrogens (primary N) is 2. The molecule has 21 nitrogen and oxygen atoms in total. The van der Waals surface area contributed by atoms with E-state index in [0.717, 1.165) is 92.9 Å². The first-order chi connectivity index (χ1) is 43.7. The summed E-state index contributed by atoms with van der Waals surface area (Å²) in [5.41, 5.74) is 18.5. The highest BCUT2D eigenvalue weighted by Gasteiger charge is 2.28. The van der Waals surface area contributed by atoms with Crippen LogP contribution in [0.25, 0.3) is 55.5 Å². The zero-order valence-corrected chi connectivity index (χ0v) is 52.1. The van der Waals surface area contributed by atoms with Gasteiger partial charge in [-0.3, -0.25) is 5.41 Å². The number of likely N-dealkylation sites (tertiary alicyclic amines) is 1. The molecule has 9 N–H and O–H groups in total. The first kappa shape index (κ1) is 64.1. The number of rotatable bonds is 10. The van der Waals surface area contributed by atoms with Crippen molar-refractivity contribution < 1.29 is 32.3 Å². The molecular formula is C66H76F4N18O3. The van der Waals surface area contributed by atoms with E-state index in [1.807, 2.05) is 90.2 Å². The second-order valence-corrected chi connectivity index (χ2v) is 23.8. The molecule has 0 atom stereocenters. The van der Waals surface area contributed by atoms with Crippen molar-refractivity contribution in [2.45, 2.75) is 123 Å². The summed E-state index contributed by atoms with van der Waals surface area (Å²) in [7, 11) is 0. The Morgan fingerprint density at radius 3 is 1.40 bits per heavy atom. The van der Waals surface area contributed by atoms with Crippen LogP contribution < -0.4 is 16.8 Å². The van der Waals surface area contributed by atoms with Crippen LogP contribution in [0, 0.1) is 28.7 Å². The Bertz CT molecular complexity index is 4370. The van der Waals surface area contributed by atoms with Crippen LogP contribution in [0.2, 0.25) is 0 Å². The molecule has 2 fully saturated rings. The molecule has 1 amide bonds. The van der Waals surface area contributed by atoms with Crippen molar-refractivity contribution in [3.05, 3.63) is 179 Å². The maximum absolute atomic E-state index is 14.7. The van der Waals surface area contributed by atoms with Gasteiger partial charge >= 0.3 is 6.09 Å². The highest BCUT2D eigenvalue weighted by atomic mass is 19.1. The van der Waals surface area contributed by atoms with Crippen molar-refractivity contribution in [1.82, 2.24) is 69.3 Å². The zero-order chi connectivity index (χ0) is 64.8. The Morgan fingerprint density at radius 1 is 0.571 bits per heavy atom. The number of piperidine rings is 2. The van der Waals surface area contributed by atoms with Gasteiger partial charge in [-0.25, -0.2) is 32.3 Å². The molecule has 0 bridgehead atoms. The van der Waals surface area contributed by atoms with E-state index in [4.69, 9.17) is 26.8 Å². The van der Waals surface area contributed by atoms with E-state index >= 15 is 0 Å². The molecule has 2 aliphatic rings. The normalized spacial score (nSPS) is 14.2. The molecule has 8 heterocycles. The number of imidazole rings is 2. The first-order valence-electron chi connectivity index (χ1n) is 30.5. The lowest BCUT2D eigenvalue weighted by atomic mass is 9.94. The van der Waals surface area contributed by atoms with Crippen LogP contribution >= 0.6 is 0 Å². The first-order valence-corrected chi connectivity index (χ1v) is 30.5. The number of H-pyrrole nitrogens is 2. The van der Waals surface area contributed by atoms with Gasteiger partial charge in [-0.2, -0.15) is 39.1 Å². The van der Waals surface area contributed by atoms with Crippen molar-refractivity contribution >= 4 is 61.6 Å². The molecule has 25 heteroatoms. The van der Waals surface area contributed by atoms with E-state index in [-0.39, 0.29) is 76.9 Å². The smallest absolute Gasteiger partial charge is 0.410 e. The summed E-state index contributed by atoms with van der Waals surface area (Å²) < 4.78 is 67.5. The van der Waals surface area contributed by atoms with Crippen LogP contribution in [0.1, 0.15) is 156 Å². The van der Waals surface area contributed by atoms with Gasteiger partial charge in [-0.05, 0) is 97.4 Å².